The first-order chi connectivity index (χ1) is 4.18. The van der Waals surface area contributed by atoms with E-state index >= 15 is 0 Å². The first-order valence-electron chi connectivity index (χ1n) is 2.35. The van der Waals surface area contributed by atoms with E-state index in [9.17, 15) is 0 Å². The molecule has 0 N–H and O–H groups in total. The zero-order valence-corrected chi connectivity index (χ0v) is 8.29. The van der Waals surface area contributed by atoms with E-state index in [1.54, 1.807) is 13.0 Å². The summed E-state index contributed by atoms with van der Waals surface area (Å²) in [6.07, 6.45) is 0. The van der Waals surface area contributed by atoms with Crippen LogP contribution in [0.3, 0.4) is 0 Å². The highest BCUT2D eigenvalue weighted by molar-refractivity contribution is 9.10. The smallest absolute Gasteiger partial charge is 0.133 e. The molecular formula is C5H5BrCl2N2. The Morgan fingerprint density at radius 2 is 2.10 bits per heavy atom. The fraction of sp³-hybridized carbons (Fsp3) is 0.200. The van der Waals surface area contributed by atoms with Crippen molar-refractivity contribution in [3.05, 3.63) is 21.6 Å². The van der Waals surface area contributed by atoms with E-state index in [-0.39, 0.29) is 12.4 Å². The zero-order chi connectivity index (χ0) is 6.85. The van der Waals surface area contributed by atoms with Crippen LogP contribution >= 0.6 is 39.9 Å². The molecule has 0 bridgehead atoms. The molecule has 0 saturated carbocycles. The van der Waals surface area contributed by atoms with Crippen molar-refractivity contribution in [3.63, 3.8) is 0 Å². The lowest BCUT2D eigenvalue weighted by atomic mass is 10.6. The molecule has 0 fully saturated rings. The first kappa shape index (κ1) is 10.1. The summed E-state index contributed by atoms with van der Waals surface area (Å²) in [5.41, 5.74) is 0. The number of hydrogen-bond donors (Lipinski definition) is 0. The molecule has 0 saturated heterocycles. The molecule has 1 rings (SSSR count). The van der Waals surface area contributed by atoms with Crippen molar-refractivity contribution in [1.29, 1.82) is 0 Å². The SMILES string of the molecule is Cc1nc(Cl)cc(Br)n1.Cl. The molecule has 0 aliphatic carbocycles. The van der Waals surface area contributed by atoms with Gasteiger partial charge in [-0.3, -0.25) is 0 Å². The van der Waals surface area contributed by atoms with Crippen molar-refractivity contribution in [2.45, 2.75) is 6.92 Å². The number of aryl methyl sites for hydroxylation is 1. The van der Waals surface area contributed by atoms with E-state index in [1.165, 1.54) is 0 Å². The second kappa shape index (κ2) is 4.11. The molecule has 0 atom stereocenters. The van der Waals surface area contributed by atoms with Gasteiger partial charge in [0.05, 0.1) is 0 Å². The van der Waals surface area contributed by atoms with Crippen LogP contribution in [0.2, 0.25) is 5.15 Å². The van der Waals surface area contributed by atoms with Crippen LogP contribution in [0, 0.1) is 6.92 Å². The molecule has 0 aromatic carbocycles. The number of halogens is 3. The zero-order valence-electron chi connectivity index (χ0n) is 5.14. The van der Waals surface area contributed by atoms with E-state index in [4.69, 9.17) is 11.6 Å². The van der Waals surface area contributed by atoms with E-state index in [1.807, 2.05) is 0 Å². The number of hydrogen-bond acceptors (Lipinski definition) is 2. The minimum absolute atomic E-state index is 0. The van der Waals surface area contributed by atoms with Gasteiger partial charge >= 0.3 is 0 Å². The van der Waals surface area contributed by atoms with Crippen molar-refractivity contribution in [1.82, 2.24) is 9.97 Å². The van der Waals surface area contributed by atoms with Crippen molar-refractivity contribution in [2.75, 3.05) is 0 Å². The molecule has 10 heavy (non-hydrogen) atoms. The maximum absolute atomic E-state index is 5.57. The molecule has 0 spiro atoms. The maximum Gasteiger partial charge on any atom is 0.133 e. The van der Waals surface area contributed by atoms with Crippen LogP contribution in [0.15, 0.2) is 10.7 Å². The minimum atomic E-state index is 0. The normalized spacial score (nSPS) is 8.70. The van der Waals surface area contributed by atoms with E-state index in [0.717, 1.165) is 4.60 Å². The summed E-state index contributed by atoms with van der Waals surface area (Å²) >= 11 is 8.75. The predicted octanol–water partition coefficient (Wildman–Crippen LogP) is 2.62. The van der Waals surface area contributed by atoms with Crippen LogP contribution < -0.4 is 0 Å². The summed E-state index contributed by atoms with van der Waals surface area (Å²) in [5.74, 6) is 0.675. The first-order valence-corrected chi connectivity index (χ1v) is 3.52. The summed E-state index contributed by atoms with van der Waals surface area (Å²) in [6.45, 7) is 1.79. The largest absolute Gasteiger partial charge is 0.226 e. The monoisotopic (exact) mass is 242 g/mol. The Labute approximate surface area is 78.6 Å². The molecule has 0 aliphatic rings. The lowest BCUT2D eigenvalue weighted by Crippen LogP contribution is -1.86. The number of rotatable bonds is 0. The van der Waals surface area contributed by atoms with Crippen LogP contribution in [0.5, 0.6) is 0 Å². The number of aromatic nitrogens is 2. The average molecular weight is 244 g/mol. The highest BCUT2D eigenvalue weighted by Crippen LogP contribution is 2.11. The van der Waals surface area contributed by atoms with Crippen LogP contribution in [0.4, 0.5) is 0 Å². The molecule has 1 aromatic rings. The quantitative estimate of drug-likeness (QED) is 0.655. The third-order valence-corrected chi connectivity index (χ3v) is 1.38. The van der Waals surface area contributed by atoms with Crippen molar-refractivity contribution >= 4 is 39.9 Å². The highest BCUT2D eigenvalue weighted by Gasteiger charge is 1.93. The van der Waals surface area contributed by atoms with Crippen molar-refractivity contribution in [3.8, 4) is 0 Å². The predicted molar refractivity (Wildman–Crippen MR) is 46.7 cm³/mol. The van der Waals surface area contributed by atoms with Gasteiger partial charge in [-0.15, -0.1) is 12.4 Å². The molecule has 0 aliphatic heterocycles. The summed E-state index contributed by atoms with van der Waals surface area (Å²) < 4.78 is 0.722. The van der Waals surface area contributed by atoms with Gasteiger partial charge in [0.25, 0.3) is 0 Å². The van der Waals surface area contributed by atoms with E-state index < -0.39 is 0 Å². The molecule has 5 heteroatoms. The Morgan fingerprint density at radius 3 is 2.50 bits per heavy atom. The van der Waals surface area contributed by atoms with Gasteiger partial charge in [0, 0.05) is 6.07 Å². The summed E-state index contributed by atoms with van der Waals surface area (Å²) in [4.78, 5) is 7.81. The van der Waals surface area contributed by atoms with Crippen molar-refractivity contribution in [2.24, 2.45) is 0 Å². The molecule has 1 heterocycles. The Kier molecular flexibility index (Phi) is 4.17. The summed E-state index contributed by atoms with van der Waals surface area (Å²) in [6, 6.07) is 1.65. The van der Waals surface area contributed by atoms with Gasteiger partial charge in [0.2, 0.25) is 0 Å². The average Bonchev–Trinajstić information content (AvgIpc) is 1.59. The molecule has 2 nitrogen and oxygen atoms in total. The van der Waals surface area contributed by atoms with Gasteiger partial charge < -0.3 is 0 Å². The van der Waals surface area contributed by atoms with Crippen LogP contribution in [-0.2, 0) is 0 Å². The van der Waals surface area contributed by atoms with Gasteiger partial charge in [-0.1, -0.05) is 11.6 Å². The van der Waals surface area contributed by atoms with Crippen molar-refractivity contribution < 1.29 is 0 Å². The van der Waals surface area contributed by atoms with Gasteiger partial charge in [-0.2, -0.15) is 0 Å². The third kappa shape index (κ3) is 2.82. The van der Waals surface area contributed by atoms with E-state index in [0.29, 0.717) is 11.0 Å². The standard InChI is InChI=1S/C5H4BrClN2.ClH/c1-3-8-4(6)2-5(7)9-3;/h2H,1H3;1H. The molecular weight excluding hydrogens is 239 g/mol. The van der Waals surface area contributed by atoms with Crippen LogP contribution in [0.25, 0.3) is 0 Å². The second-order valence-electron chi connectivity index (χ2n) is 1.56. The van der Waals surface area contributed by atoms with E-state index in [2.05, 4.69) is 25.9 Å². The molecule has 56 valence electrons. The lowest BCUT2D eigenvalue weighted by molar-refractivity contribution is 1.03. The topological polar surface area (TPSA) is 25.8 Å². The van der Waals surface area contributed by atoms with Gasteiger partial charge in [0.1, 0.15) is 15.6 Å². The van der Waals surface area contributed by atoms with Gasteiger partial charge in [-0.25, -0.2) is 9.97 Å². The van der Waals surface area contributed by atoms with Crippen LogP contribution in [-0.4, -0.2) is 9.97 Å². The maximum atomic E-state index is 5.57. The summed E-state index contributed by atoms with van der Waals surface area (Å²) in [5, 5.41) is 0.467. The fourth-order valence-corrected chi connectivity index (χ4v) is 1.33. The second-order valence-corrected chi connectivity index (χ2v) is 2.76. The summed E-state index contributed by atoms with van der Waals surface area (Å²) in [7, 11) is 0. The Balaban J connectivity index is 0.000000810. The number of nitrogens with zero attached hydrogens (tertiary/aromatic N) is 2. The molecule has 1 aromatic heterocycles. The minimum Gasteiger partial charge on any atom is -0.226 e. The fourth-order valence-electron chi connectivity index (χ4n) is 0.497. The Bertz CT molecular complexity index is 178. The van der Waals surface area contributed by atoms with Gasteiger partial charge in [-0.05, 0) is 22.9 Å². The molecule has 0 radical (unpaired) electrons. The lowest BCUT2D eigenvalue weighted by Gasteiger charge is -1.92. The van der Waals surface area contributed by atoms with Gasteiger partial charge in [0.15, 0.2) is 0 Å². The Morgan fingerprint density at radius 1 is 1.50 bits per heavy atom. The highest BCUT2D eigenvalue weighted by atomic mass is 79.9. The van der Waals surface area contributed by atoms with Crippen LogP contribution in [0.1, 0.15) is 5.82 Å². The molecule has 0 amide bonds. The molecule has 0 unspecified atom stereocenters. The Hall–Kier alpha value is 0.140. The third-order valence-electron chi connectivity index (χ3n) is 0.775.